The van der Waals surface area contributed by atoms with Crippen LogP contribution >= 0.6 is 0 Å². The van der Waals surface area contributed by atoms with Crippen LogP contribution < -0.4 is 4.90 Å². The maximum Gasteiger partial charge on any atom is 0.355 e. The van der Waals surface area contributed by atoms with E-state index in [0.29, 0.717) is 5.69 Å². The van der Waals surface area contributed by atoms with Crippen molar-refractivity contribution in [2.45, 2.75) is 33.2 Å². The standard InChI is InChI=1S/C18H19N3O5/c1-4-11-6-8-12(9-7-11)20-16(23)13-14(18(25)26-5-2)19-21(10(3)22)15(13)17(20)24/h6-9,13,15H,4-5H2,1-3H3/t13-,15+/m1/s1. The number of fused-ring (bicyclic) bond motifs is 1. The van der Waals surface area contributed by atoms with E-state index in [0.717, 1.165) is 21.9 Å². The van der Waals surface area contributed by atoms with Crippen LogP contribution in [0, 0.1) is 5.92 Å². The van der Waals surface area contributed by atoms with Crippen molar-refractivity contribution in [1.82, 2.24) is 5.01 Å². The SMILES string of the molecule is CCOC(=O)C1=NN(C(C)=O)[C@@H]2C(=O)N(c3ccc(CC)cc3)C(=O)[C@H]12. The Labute approximate surface area is 150 Å². The zero-order valence-corrected chi connectivity index (χ0v) is 14.8. The summed E-state index contributed by atoms with van der Waals surface area (Å²) >= 11 is 0. The highest BCUT2D eigenvalue weighted by molar-refractivity contribution is 6.47. The van der Waals surface area contributed by atoms with Gasteiger partial charge in [-0.3, -0.25) is 14.4 Å². The van der Waals surface area contributed by atoms with Crippen LogP contribution in [-0.2, 0) is 30.3 Å². The molecule has 26 heavy (non-hydrogen) atoms. The van der Waals surface area contributed by atoms with Crippen LogP contribution in [0.3, 0.4) is 0 Å². The first kappa shape index (κ1) is 17.8. The molecular weight excluding hydrogens is 338 g/mol. The quantitative estimate of drug-likeness (QED) is 0.589. The normalized spacial score (nSPS) is 21.7. The van der Waals surface area contributed by atoms with Gasteiger partial charge in [0, 0.05) is 6.92 Å². The van der Waals surface area contributed by atoms with Crippen molar-refractivity contribution < 1.29 is 23.9 Å². The number of hydrazone groups is 1. The molecule has 2 aliphatic rings. The van der Waals surface area contributed by atoms with E-state index >= 15 is 0 Å². The van der Waals surface area contributed by atoms with E-state index in [9.17, 15) is 19.2 Å². The van der Waals surface area contributed by atoms with Gasteiger partial charge >= 0.3 is 5.97 Å². The lowest BCUT2D eigenvalue weighted by atomic mass is 9.98. The molecule has 0 N–H and O–H groups in total. The lowest BCUT2D eigenvalue weighted by Gasteiger charge is -2.19. The number of anilines is 1. The Balaban J connectivity index is 2.00. The van der Waals surface area contributed by atoms with Gasteiger partial charge in [-0.25, -0.2) is 14.7 Å². The highest BCUT2D eigenvalue weighted by Gasteiger charge is 2.59. The van der Waals surface area contributed by atoms with Crippen molar-refractivity contribution in [3.63, 3.8) is 0 Å². The van der Waals surface area contributed by atoms with Crippen LogP contribution in [0.1, 0.15) is 26.3 Å². The molecule has 0 radical (unpaired) electrons. The van der Waals surface area contributed by atoms with Gasteiger partial charge in [0.05, 0.1) is 12.3 Å². The number of hydrogen-bond donors (Lipinski definition) is 0. The molecule has 0 bridgehead atoms. The highest BCUT2D eigenvalue weighted by Crippen LogP contribution is 2.35. The van der Waals surface area contributed by atoms with Crippen LogP contribution in [0.15, 0.2) is 29.4 Å². The second kappa shape index (κ2) is 6.70. The molecule has 0 aliphatic carbocycles. The zero-order valence-electron chi connectivity index (χ0n) is 14.8. The lowest BCUT2D eigenvalue weighted by molar-refractivity contribution is -0.136. The molecule has 1 aromatic carbocycles. The van der Waals surface area contributed by atoms with E-state index in [1.807, 2.05) is 19.1 Å². The molecule has 0 aromatic heterocycles. The number of carbonyl (C=O) groups is 4. The van der Waals surface area contributed by atoms with Crippen LogP contribution in [0.5, 0.6) is 0 Å². The number of benzene rings is 1. The van der Waals surface area contributed by atoms with Crippen molar-refractivity contribution in [2.24, 2.45) is 11.0 Å². The van der Waals surface area contributed by atoms with E-state index in [1.54, 1.807) is 19.1 Å². The summed E-state index contributed by atoms with van der Waals surface area (Å²) in [6, 6.07) is 5.86. The van der Waals surface area contributed by atoms with Gasteiger partial charge in [0.15, 0.2) is 11.8 Å². The number of esters is 1. The summed E-state index contributed by atoms with van der Waals surface area (Å²) in [6.45, 7) is 4.94. The number of imide groups is 1. The van der Waals surface area contributed by atoms with Crippen LogP contribution in [0.4, 0.5) is 5.69 Å². The topological polar surface area (TPSA) is 96.3 Å². The van der Waals surface area contributed by atoms with Crippen LogP contribution in [-0.4, -0.2) is 47.1 Å². The van der Waals surface area contributed by atoms with Crippen molar-refractivity contribution in [3.05, 3.63) is 29.8 Å². The Morgan fingerprint density at radius 3 is 2.31 bits per heavy atom. The fraction of sp³-hybridized carbons (Fsp3) is 0.389. The summed E-state index contributed by atoms with van der Waals surface area (Å²) in [5.74, 6) is -3.63. The molecular formula is C18H19N3O5. The number of amides is 3. The summed E-state index contributed by atoms with van der Waals surface area (Å²) in [6.07, 6.45) is 0.825. The molecule has 3 rings (SSSR count). The number of hydrogen-bond acceptors (Lipinski definition) is 6. The molecule has 8 heteroatoms. The first-order valence-electron chi connectivity index (χ1n) is 8.42. The monoisotopic (exact) mass is 357 g/mol. The fourth-order valence-electron chi connectivity index (χ4n) is 3.18. The first-order valence-corrected chi connectivity index (χ1v) is 8.42. The Bertz CT molecular complexity index is 815. The summed E-state index contributed by atoms with van der Waals surface area (Å²) in [4.78, 5) is 50.8. The maximum atomic E-state index is 12.9. The molecule has 1 fully saturated rings. The van der Waals surface area contributed by atoms with Crippen LogP contribution in [0.25, 0.3) is 0 Å². The third-order valence-corrected chi connectivity index (χ3v) is 4.46. The molecule has 2 heterocycles. The van der Waals surface area contributed by atoms with Crippen molar-refractivity contribution in [1.29, 1.82) is 0 Å². The minimum Gasteiger partial charge on any atom is -0.461 e. The molecule has 2 atom stereocenters. The molecule has 0 saturated carbocycles. The summed E-state index contributed by atoms with van der Waals surface area (Å²) in [7, 11) is 0. The van der Waals surface area contributed by atoms with Gasteiger partial charge in [0.25, 0.3) is 5.91 Å². The third-order valence-electron chi connectivity index (χ3n) is 4.46. The fourth-order valence-corrected chi connectivity index (χ4v) is 3.18. The number of ether oxygens (including phenoxy) is 1. The van der Waals surface area contributed by atoms with Gasteiger partial charge in [-0.2, -0.15) is 5.10 Å². The molecule has 3 amide bonds. The van der Waals surface area contributed by atoms with E-state index in [-0.39, 0.29) is 12.3 Å². The van der Waals surface area contributed by atoms with Crippen LogP contribution in [0.2, 0.25) is 0 Å². The zero-order chi connectivity index (χ0) is 19.0. The average molecular weight is 357 g/mol. The number of aryl methyl sites for hydroxylation is 1. The van der Waals surface area contributed by atoms with Gasteiger partial charge in [0.2, 0.25) is 11.8 Å². The molecule has 8 nitrogen and oxygen atoms in total. The molecule has 1 aromatic rings. The molecule has 0 spiro atoms. The van der Waals surface area contributed by atoms with Gasteiger partial charge in [-0.15, -0.1) is 0 Å². The Morgan fingerprint density at radius 2 is 1.77 bits per heavy atom. The van der Waals surface area contributed by atoms with Crippen molar-refractivity contribution in [3.8, 4) is 0 Å². The predicted octanol–water partition coefficient (Wildman–Crippen LogP) is 0.888. The van der Waals surface area contributed by atoms with E-state index in [2.05, 4.69) is 5.10 Å². The summed E-state index contributed by atoms with van der Waals surface area (Å²) in [5, 5.41) is 4.80. The van der Waals surface area contributed by atoms with E-state index in [4.69, 9.17) is 4.74 Å². The molecule has 2 aliphatic heterocycles. The molecule has 0 unspecified atom stereocenters. The molecule has 136 valence electrons. The average Bonchev–Trinajstić information content (AvgIpc) is 3.13. The van der Waals surface area contributed by atoms with Crippen molar-refractivity contribution in [2.75, 3.05) is 11.5 Å². The maximum absolute atomic E-state index is 12.9. The minimum atomic E-state index is -1.15. The second-order valence-electron chi connectivity index (χ2n) is 6.02. The van der Waals surface area contributed by atoms with Gasteiger partial charge in [-0.1, -0.05) is 19.1 Å². The number of nitrogens with zero attached hydrogens (tertiary/aromatic N) is 3. The lowest BCUT2D eigenvalue weighted by Crippen LogP contribution is -2.41. The van der Waals surface area contributed by atoms with Gasteiger partial charge in [0.1, 0.15) is 5.92 Å². The minimum absolute atomic E-state index is 0.0969. The third kappa shape index (κ3) is 2.67. The first-order chi connectivity index (χ1) is 12.4. The predicted molar refractivity (Wildman–Crippen MR) is 92.2 cm³/mol. The van der Waals surface area contributed by atoms with Crippen molar-refractivity contribution >= 4 is 35.1 Å². The second-order valence-corrected chi connectivity index (χ2v) is 6.02. The van der Waals surface area contributed by atoms with Gasteiger partial charge < -0.3 is 4.74 Å². The Morgan fingerprint density at radius 1 is 1.12 bits per heavy atom. The smallest absolute Gasteiger partial charge is 0.355 e. The Hall–Kier alpha value is -3.03. The highest BCUT2D eigenvalue weighted by atomic mass is 16.5. The number of carbonyl (C=O) groups excluding carboxylic acids is 4. The van der Waals surface area contributed by atoms with Gasteiger partial charge in [-0.05, 0) is 31.0 Å². The number of rotatable bonds is 4. The van der Waals surface area contributed by atoms with E-state index < -0.39 is 35.7 Å². The summed E-state index contributed by atoms with van der Waals surface area (Å²) in [5.41, 5.74) is 1.25. The van der Waals surface area contributed by atoms with E-state index in [1.165, 1.54) is 6.92 Å². The molecule has 1 saturated heterocycles. The largest absolute Gasteiger partial charge is 0.461 e. The Kier molecular flexibility index (Phi) is 4.58. The summed E-state index contributed by atoms with van der Waals surface area (Å²) < 4.78 is 4.93.